The third-order valence-electron chi connectivity index (χ3n) is 1.83. The van der Waals surface area contributed by atoms with Crippen LogP contribution in [0.4, 0.5) is 5.69 Å². The minimum atomic E-state index is -0.131. The maximum atomic E-state index is 11.4. The molecular formula is C10H14BrN3O. The van der Waals surface area contributed by atoms with Crippen LogP contribution in [0.15, 0.2) is 16.7 Å². The lowest BCUT2D eigenvalue weighted by Crippen LogP contribution is -2.24. The van der Waals surface area contributed by atoms with E-state index < -0.39 is 0 Å². The normalized spacial score (nSPS) is 12.3. The fraction of sp³-hybridized carbons (Fsp3) is 0.400. The number of nitrogens with zero attached hydrogens (tertiary/aromatic N) is 1. The van der Waals surface area contributed by atoms with Gasteiger partial charge in [0.25, 0.3) is 0 Å². The first-order chi connectivity index (χ1) is 6.99. The number of amides is 1. The molecule has 5 heteroatoms. The predicted molar refractivity (Wildman–Crippen MR) is 63.6 cm³/mol. The van der Waals surface area contributed by atoms with E-state index in [4.69, 9.17) is 5.73 Å². The van der Waals surface area contributed by atoms with E-state index in [0.717, 1.165) is 16.0 Å². The van der Waals surface area contributed by atoms with Gasteiger partial charge in [0.1, 0.15) is 4.60 Å². The number of nitrogens with one attached hydrogen (secondary N) is 1. The van der Waals surface area contributed by atoms with Crippen molar-refractivity contribution in [1.82, 2.24) is 4.98 Å². The van der Waals surface area contributed by atoms with Crippen molar-refractivity contribution in [2.75, 3.05) is 5.32 Å². The summed E-state index contributed by atoms with van der Waals surface area (Å²) in [7, 11) is 0. The highest BCUT2D eigenvalue weighted by molar-refractivity contribution is 9.10. The Labute approximate surface area is 97.4 Å². The Bertz CT molecular complexity index is 366. The number of hydrogen-bond donors (Lipinski definition) is 2. The first-order valence-corrected chi connectivity index (χ1v) is 5.47. The van der Waals surface area contributed by atoms with Gasteiger partial charge in [-0.25, -0.2) is 4.98 Å². The summed E-state index contributed by atoms with van der Waals surface area (Å²) in [6.45, 7) is 3.64. The van der Waals surface area contributed by atoms with Gasteiger partial charge >= 0.3 is 0 Å². The number of carbonyl (C=O) groups excluding carboxylic acids is 1. The summed E-state index contributed by atoms with van der Waals surface area (Å²) in [5.74, 6) is -0.0859. The SMILES string of the molecule is Cc1nc(Br)ccc1NC(=O)CC(C)N. The molecule has 0 aromatic carbocycles. The summed E-state index contributed by atoms with van der Waals surface area (Å²) in [6, 6.07) is 3.47. The Hall–Kier alpha value is -0.940. The molecule has 0 fully saturated rings. The Morgan fingerprint density at radius 1 is 1.67 bits per heavy atom. The monoisotopic (exact) mass is 271 g/mol. The zero-order chi connectivity index (χ0) is 11.4. The lowest BCUT2D eigenvalue weighted by Gasteiger charge is -2.09. The van der Waals surface area contributed by atoms with Gasteiger partial charge in [-0.15, -0.1) is 0 Å². The summed E-state index contributed by atoms with van der Waals surface area (Å²) < 4.78 is 0.755. The van der Waals surface area contributed by atoms with Crippen LogP contribution in [0.2, 0.25) is 0 Å². The van der Waals surface area contributed by atoms with Gasteiger partial charge in [0.2, 0.25) is 5.91 Å². The van der Waals surface area contributed by atoms with E-state index in [9.17, 15) is 4.79 Å². The van der Waals surface area contributed by atoms with Crippen LogP contribution in [0.25, 0.3) is 0 Å². The maximum Gasteiger partial charge on any atom is 0.225 e. The van der Waals surface area contributed by atoms with Gasteiger partial charge in [0.05, 0.1) is 11.4 Å². The number of pyridine rings is 1. The molecule has 15 heavy (non-hydrogen) atoms. The summed E-state index contributed by atoms with van der Waals surface area (Å²) >= 11 is 3.26. The van der Waals surface area contributed by atoms with Gasteiger partial charge in [-0.3, -0.25) is 4.79 Å². The molecule has 0 aliphatic rings. The van der Waals surface area contributed by atoms with Crippen molar-refractivity contribution in [3.05, 3.63) is 22.4 Å². The van der Waals surface area contributed by atoms with Gasteiger partial charge in [0, 0.05) is 12.5 Å². The van der Waals surface area contributed by atoms with Gasteiger partial charge in [0.15, 0.2) is 0 Å². The molecule has 1 aromatic rings. The molecule has 1 unspecified atom stereocenters. The average molecular weight is 272 g/mol. The van der Waals surface area contributed by atoms with E-state index in [1.807, 2.05) is 13.0 Å². The minimum Gasteiger partial charge on any atom is -0.327 e. The molecule has 0 radical (unpaired) electrons. The number of aromatic nitrogens is 1. The summed E-state index contributed by atoms with van der Waals surface area (Å²) in [4.78, 5) is 15.6. The van der Waals surface area contributed by atoms with Crippen molar-refractivity contribution in [3.63, 3.8) is 0 Å². The molecule has 3 N–H and O–H groups in total. The highest BCUT2D eigenvalue weighted by atomic mass is 79.9. The molecule has 0 saturated heterocycles. The van der Waals surface area contributed by atoms with E-state index in [1.165, 1.54) is 0 Å². The Morgan fingerprint density at radius 3 is 2.87 bits per heavy atom. The molecule has 1 amide bonds. The summed E-state index contributed by atoms with van der Waals surface area (Å²) in [5.41, 5.74) is 7.03. The van der Waals surface area contributed by atoms with Gasteiger partial charge in [-0.05, 0) is 41.9 Å². The maximum absolute atomic E-state index is 11.4. The summed E-state index contributed by atoms with van der Waals surface area (Å²) in [6.07, 6.45) is 0.315. The van der Waals surface area contributed by atoms with Crippen molar-refractivity contribution < 1.29 is 4.79 Å². The lowest BCUT2D eigenvalue weighted by atomic mass is 10.2. The van der Waals surface area contributed by atoms with Crippen LogP contribution >= 0.6 is 15.9 Å². The van der Waals surface area contributed by atoms with E-state index in [2.05, 4.69) is 26.2 Å². The lowest BCUT2D eigenvalue weighted by molar-refractivity contribution is -0.116. The van der Waals surface area contributed by atoms with Crippen LogP contribution in [0, 0.1) is 6.92 Å². The second-order valence-corrected chi connectivity index (χ2v) is 4.31. The van der Waals surface area contributed by atoms with Crippen LogP contribution in [0.1, 0.15) is 19.0 Å². The average Bonchev–Trinajstić information content (AvgIpc) is 2.08. The second-order valence-electron chi connectivity index (χ2n) is 3.50. The van der Waals surface area contributed by atoms with Crippen LogP contribution < -0.4 is 11.1 Å². The first-order valence-electron chi connectivity index (χ1n) is 4.67. The molecule has 0 spiro atoms. The fourth-order valence-corrected chi connectivity index (χ4v) is 1.55. The number of anilines is 1. The zero-order valence-corrected chi connectivity index (χ0v) is 10.3. The van der Waals surface area contributed by atoms with E-state index in [-0.39, 0.29) is 11.9 Å². The number of halogens is 1. The first kappa shape index (κ1) is 12.1. The van der Waals surface area contributed by atoms with Crippen LogP contribution in [-0.4, -0.2) is 16.9 Å². The number of carbonyl (C=O) groups is 1. The molecule has 1 aromatic heterocycles. The standard InChI is InChI=1S/C10H14BrN3O/c1-6(12)5-10(15)14-8-3-4-9(11)13-7(8)2/h3-4,6H,5,12H2,1-2H3,(H,14,15). The molecule has 1 atom stereocenters. The van der Waals surface area contributed by atoms with Crippen molar-refractivity contribution >= 4 is 27.5 Å². The molecule has 0 saturated carbocycles. The fourth-order valence-electron chi connectivity index (χ4n) is 1.16. The number of nitrogens with two attached hydrogens (primary N) is 1. The van der Waals surface area contributed by atoms with E-state index in [0.29, 0.717) is 6.42 Å². The molecule has 0 bridgehead atoms. The van der Waals surface area contributed by atoms with Crippen molar-refractivity contribution in [2.45, 2.75) is 26.3 Å². The Balaban J connectivity index is 2.68. The molecular weight excluding hydrogens is 258 g/mol. The quantitative estimate of drug-likeness (QED) is 0.825. The van der Waals surface area contributed by atoms with Gasteiger partial charge in [-0.2, -0.15) is 0 Å². The smallest absolute Gasteiger partial charge is 0.225 e. The van der Waals surface area contributed by atoms with E-state index in [1.54, 1.807) is 13.0 Å². The van der Waals surface area contributed by atoms with Crippen molar-refractivity contribution in [1.29, 1.82) is 0 Å². The molecule has 0 aliphatic heterocycles. The molecule has 82 valence electrons. The second kappa shape index (κ2) is 5.23. The van der Waals surface area contributed by atoms with Crippen molar-refractivity contribution in [3.8, 4) is 0 Å². The molecule has 1 rings (SSSR count). The van der Waals surface area contributed by atoms with Gasteiger partial charge in [-0.1, -0.05) is 0 Å². The Morgan fingerprint density at radius 2 is 2.33 bits per heavy atom. The number of hydrogen-bond acceptors (Lipinski definition) is 3. The van der Waals surface area contributed by atoms with E-state index >= 15 is 0 Å². The van der Waals surface area contributed by atoms with Gasteiger partial charge < -0.3 is 11.1 Å². The topological polar surface area (TPSA) is 68.0 Å². The molecule has 1 heterocycles. The third kappa shape index (κ3) is 3.97. The van der Waals surface area contributed by atoms with Crippen molar-refractivity contribution in [2.24, 2.45) is 5.73 Å². The van der Waals surface area contributed by atoms with Crippen LogP contribution in [0.3, 0.4) is 0 Å². The van der Waals surface area contributed by atoms with Crippen LogP contribution in [0.5, 0.6) is 0 Å². The number of aryl methyl sites for hydroxylation is 1. The highest BCUT2D eigenvalue weighted by Gasteiger charge is 2.07. The number of rotatable bonds is 3. The van der Waals surface area contributed by atoms with Crippen LogP contribution in [-0.2, 0) is 4.79 Å². The molecule has 0 aliphatic carbocycles. The largest absolute Gasteiger partial charge is 0.327 e. The molecule has 4 nitrogen and oxygen atoms in total. The predicted octanol–water partition coefficient (Wildman–Crippen LogP) is 1.83. The minimum absolute atomic E-state index is 0.0859. The third-order valence-corrected chi connectivity index (χ3v) is 2.27. The Kier molecular flexibility index (Phi) is 4.23. The zero-order valence-electron chi connectivity index (χ0n) is 8.75. The summed E-state index contributed by atoms with van der Waals surface area (Å²) in [5, 5.41) is 2.77. The highest BCUT2D eigenvalue weighted by Crippen LogP contribution is 2.16.